The van der Waals surface area contributed by atoms with Crippen LogP contribution < -0.4 is 0 Å². The Morgan fingerprint density at radius 3 is 2.12 bits per heavy atom. The number of aliphatic hydroxyl groups is 1. The number of allylic oxidation sites excluding steroid dienone is 4. The highest BCUT2D eigenvalue weighted by molar-refractivity contribution is 6.20. The molecule has 146 valence electrons. The number of carbonyl (C=O) groups excluding carboxylic acids is 2. The van der Waals surface area contributed by atoms with E-state index in [0.29, 0.717) is 6.42 Å². The highest BCUT2D eigenvalue weighted by Crippen LogP contribution is 2.23. The zero-order chi connectivity index (χ0) is 19.2. The molecule has 4 heteroatoms. The summed E-state index contributed by atoms with van der Waals surface area (Å²) in [5.41, 5.74) is 0.195. The first-order chi connectivity index (χ1) is 12.6. The molecule has 0 atom stereocenters. The topological polar surface area (TPSA) is 63.6 Å². The highest BCUT2D eigenvalue weighted by Gasteiger charge is 2.28. The lowest BCUT2D eigenvalue weighted by Crippen LogP contribution is -2.20. The largest absolute Gasteiger partial charge is 0.504 e. The SMILES string of the molecule is CCCCCC/C=C\CCCCCCCC1=C(O)C(=O)C=C(OC)C1=O. The van der Waals surface area contributed by atoms with Crippen LogP contribution >= 0.6 is 0 Å². The van der Waals surface area contributed by atoms with Gasteiger partial charge in [0.1, 0.15) is 0 Å². The van der Waals surface area contributed by atoms with Crippen LogP contribution in [0.25, 0.3) is 0 Å². The predicted molar refractivity (Wildman–Crippen MR) is 105 cm³/mol. The summed E-state index contributed by atoms with van der Waals surface area (Å²) in [5, 5.41) is 9.81. The molecule has 0 amide bonds. The third-order valence-electron chi connectivity index (χ3n) is 4.69. The number of Topliss-reactive ketones (excluding diaryl/α,β-unsaturated/α-hetero) is 1. The molecule has 0 fully saturated rings. The van der Waals surface area contributed by atoms with Crippen molar-refractivity contribution >= 4 is 11.6 Å². The second-order valence-corrected chi connectivity index (χ2v) is 6.86. The molecular formula is C22H34O4. The van der Waals surface area contributed by atoms with Gasteiger partial charge in [0.25, 0.3) is 0 Å². The first kappa shape index (κ1) is 22.2. The average Bonchev–Trinajstić information content (AvgIpc) is 2.64. The summed E-state index contributed by atoms with van der Waals surface area (Å²) in [6.07, 6.45) is 18.9. The van der Waals surface area contributed by atoms with E-state index >= 15 is 0 Å². The predicted octanol–water partition coefficient (Wildman–Crippen LogP) is 5.74. The maximum absolute atomic E-state index is 12.1. The minimum Gasteiger partial charge on any atom is -0.504 e. The van der Waals surface area contributed by atoms with Crippen molar-refractivity contribution in [3.8, 4) is 0 Å². The minimum atomic E-state index is -0.544. The van der Waals surface area contributed by atoms with E-state index in [4.69, 9.17) is 4.74 Å². The number of ketones is 2. The van der Waals surface area contributed by atoms with Crippen LogP contribution in [0, 0.1) is 0 Å². The number of ether oxygens (including phenoxy) is 1. The van der Waals surface area contributed by atoms with Crippen LogP contribution in [0.2, 0.25) is 0 Å². The lowest BCUT2D eigenvalue weighted by Gasteiger charge is -2.14. The lowest BCUT2D eigenvalue weighted by atomic mass is 9.94. The van der Waals surface area contributed by atoms with Gasteiger partial charge in [0.05, 0.1) is 7.11 Å². The highest BCUT2D eigenvalue weighted by atomic mass is 16.5. The zero-order valence-electron chi connectivity index (χ0n) is 16.4. The molecule has 1 N–H and O–H groups in total. The van der Waals surface area contributed by atoms with Crippen LogP contribution in [-0.4, -0.2) is 23.8 Å². The van der Waals surface area contributed by atoms with Gasteiger partial charge in [0.2, 0.25) is 11.6 Å². The van der Waals surface area contributed by atoms with Crippen molar-refractivity contribution in [2.24, 2.45) is 0 Å². The summed E-state index contributed by atoms with van der Waals surface area (Å²) < 4.78 is 4.91. The second-order valence-electron chi connectivity index (χ2n) is 6.86. The first-order valence-corrected chi connectivity index (χ1v) is 10.0. The van der Waals surface area contributed by atoms with Gasteiger partial charge in [-0.2, -0.15) is 0 Å². The maximum atomic E-state index is 12.1. The van der Waals surface area contributed by atoms with E-state index in [2.05, 4.69) is 19.1 Å². The van der Waals surface area contributed by atoms with Gasteiger partial charge in [0.15, 0.2) is 11.5 Å². The van der Waals surface area contributed by atoms with Gasteiger partial charge in [0, 0.05) is 11.6 Å². The van der Waals surface area contributed by atoms with Crippen molar-refractivity contribution < 1.29 is 19.4 Å². The summed E-state index contributed by atoms with van der Waals surface area (Å²) in [5.74, 6) is -1.31. The van der Waals surface area contributed by atoms with Crippen molar-refractivity contribution in [2.45, 2.75) is 84.0 Å². The molecule has 0 unspecified atom stereocenters. The Labute approximate surface area is 158 Å². The van der Waals surface area contributed by atoms with Gasteiger partial charge in [-0.1, -0.05) is 57.6 Å². The molecule has 0 aromatic heterocycles. The molecule has 0 bridgehead atoms. The van der Waals surface area contributed by atoms with Crippen LogP contribution in [-0.2, 0) is 14.3 Å². The number of methoxy groups -OCH3 is 1. The van der Waals surface area contributed by atoms with Crippen LogP contribution in [0.1, 0.15) is 84.0 Å². The Morgan fingerprint density at radius 1 is 0.923 bits per heavy atom. The number of aliphatic hydroxyl groups excluding tert-OH is 1. The van der Waals surface area contributed by atoms with Gasteiger partial charge in [-0.15, -0.1) is 0 Å². The molecule has 0 aliphatic heterocycles. The van der Waals surface area contributed by atoms with Crippen LogP contribution in [0.3, 0.4) is 0 Å². The van der Waals surface area contributed by atoms with Crippen LogP contribution in [0.5, 0.6) is 0 Å². The quantitative estimate of drug-likeness (QED) is 0.243. The number of carbonyl (C=O) groups is 2. The molecule has 0 aromatic carbocycles. The number of unbranched alkanes of at least 4 members (excludes halogenated alkanes) is 9. The number of hydrogen-bond donors (Lipinski definition) is 1. The van der Waals surface area contributed by atoms with E-state index in [1.807, 2.05) is 0 Å². The molecule has 4 nitrogen and oxygen atoms in total. The fraction of sp³-hybridized carbons (Fsp3) is 0.636. The maximum Gasteiger partial charge on any atom is 0.227 e. The number of rotatable bonds is 14. The lowest BCUT2D eigenvalue weighted by molar-refractivity contribution is -0.119. The van der Waals surface area contributed by atoms with Gasteiger partial charge in [-0.05, 0) is 38.5 Å². The van der Waals surface area contributed by atoms with E-state index in [0.717, 1.165) is 31.8 Å². The Morgan fingerprint density at radius 2 is 1.50 bits per heavy atom. The average molecular weight is 363 g/mol. The fourth-order valence-corrected chi connectivity index (χ4v) is 3.06. The van der Waals surface area contributed by atoms with Gasteiger partial charge in [-0.3, -0.25) is 9.59 Å². The normalized spacial score (nSPS) is 15.1. The van der Waals surface area contributed by atoms with Crippen LogP contribution in [0.4, 0.5) is 0 Å². The zero-order valence-corrected chi connectivity index (χ0v) is 16.4. The van der Waals surface area contributed by atoms with E-state index in [-0.39, 0.29) is 17.1 Å². The Hall–Kier alpha value is -1.84. The van der Waals surface area contributed by atoms with E-state index in [9.17, 15) is 14.7 Å². The first-order valence-electron chi connectivity index (χ1n) is 10.0. The van der Waals surface area contributed by atoms with Crippen molar-refractivity contribution in [1.82, 2.24) is 0 Å². The monoisotopic (exact) mass is 362 g/mol. The molecule has 0 heterocycles. The smallest absolute Gasteiger partial charge is 0.227 e. The Balaban J connectivity index is 2.10. The van der Waals surface area contributed by atoms with Crippen LogP contribution in [0.15, 0.2) is 35.3 Å². The number of hydrogen-bond acceptors (Lipinski definition) is 4. The van der Waals surface area contributed by atoms with Gasteiger partial charge >= 0.3 is 0 Å². The summed E-state index contributed by atoms with van der Waals surface area (Å²) >= 11 is 0. The minimum absolute atomic E-state index is 0.0179. The Kier molecular flexibility index (Phi) is 11.4. The third kappa shape index (κ3) is 8.03. The van der Waals surface area contributed by atoms with E-state index in [1.54, 1.807) is 0 Å². The van der Waals surface area contributed by atoms with Crippen molar-refractivity contribution in [3.05, 3.63) is 35.3 Å². The summed E-state index contributed by atoms with van der Waals surface area (Å²) in [6.45, 7) is 2.23. The third-order valence-corrected chi connectivity index (χ3v) is 4.69. The van der Waals surface area contributed by atoms with E-state index < -0.39 is 11.5 Å². The van der Waals surface area contributed by atoms with Crippen molar-refractivity contribution in [1.29, 1.82) is 0 Å². The molecule has 1 rings (SSSR count). The molecule has 0 saturated heterocycles. The molecule has 26 heavy (non-hydrogen) atoms. The fourth-order valence-electron chi connectivity index (χ4n) is 3.06. The molecule has 1 aliphatic rings. The molecule has 0 saturated carbocycles. The van der Waals surface area contributed by atoms with Crippen molar-refractivity contribution in [2.75, 3.05) is 7.11 Å². The van der Waals surface area contributed by atoms with Crippen molar-refractivity contribution in [3.63, 3.8) is 0 Å². The molecule has 1 aliphatic carbocycles. The second kappa shape index (κ2) is 13.4. The summed E-state index contributed by atoms with van der Waals surface area (Å²) in [6, 6.07) is 0. The molecule has 0 spiro atoms. The molecular weight excluding hydrogens is 328 g/mol. The van der Waals surface area contributed by atoms with Gasteiger partial charge in [-0.25, -0.2) is 0 Å². The standard InChI is InChI=1S/C22H34O4/c1-3-4-5-6-7-8-9-10-11-12-13-14-15-16-18-21(24)19(23)17-20(26-2)22(18)25/h8-9,17,24H,3-7,10-16H2,1-2H3/b9-8-. The summed E-state index contributed by atoms with van der Waals surface area (Å²) in [7, 11) is 1.36. The summed E-state index contributed by atoms with van der Waals surface area (Å²) in [4.78, 5) is 23.7. The molecule has 0 radical (unpaired) electrons. The Bertz CT molecular complexity index is 540. The van der Waals surface area contributed by atoms with E-state index in [1.165, 1.54) is 52.1 Å². The molecule has 0 aromatic rings. The van der Waals surface area contributed by atoms with Gasteiger partial charge < -0.3 is 9.84 Å².